The summed E-state index contributed by atoms with van der Waals surface area (Å²) < 4.78 is 20.6. The summed E-state index contributed by atoms with van der Waals surface area (Å²) >= 11 is 7.96. The normalized spacial score (nSPS) is 13.3. The van der Waals surface area contributed by atoms with E-state index in [4.69, 9.17) is 16.3 Å². The van der Waals surface area contributed by atoms with Crippen LogP contribution in [0.25, 0.3) is 0 Å². The molecule has 3 nitrogen and oxygen atoms in total. The third-order valence-electron chi connectivity index (χ3n) is 4.41. The third kappa shape index (κ3) is 5.50. The summed E-state index contributed by atoms with van der Waals surface area (Å²) in [7, 11) is 1.67. The summed E-state index contributed by atoms with van der Waals surface area (Å²) in [5.74, 6) is 0.598. The zero-order valence-electron chi connectivity index (χ0n) is 15.4. The molecule has 142 valence electrons. The topological polar surface area (TPSA) is 27.1 Å². The van der Waals surface area contributed by atoms with E-state index in [1.165, 1.54) is 12.1 Å². The van der Waals surface area contributed by atoms with Gasteiger partial charge in [0, 0.05) is 28.7 Å². The SMILES string of the molecule is COc1ccc(Cl)cc1SC(C)(CCc1ccc(F)cc1)Cn1ccnc1. The first-order chi connectivity index (χ1) is 13.0. The molecule has 2 aromatic carbocycles. The van der Waals surface area contributed by atoms with Gasteiger partial charge in [-0.05, 0) is 55.7 Å². The highest BCUT2D eigenvalue weighted by Gasteiger charge is 2.28. The van der Waals surface area contributed by atoms with Gasteiger partial charge in [0.1, 0.15) is 11.6 Å². The molecule has 0 bridgehead atoms. The standard InChI is InChI=1S/C21H22ClFN2OS/c1-21(14-25-12-11-24-15-25,10-9-16-3-6-18(23)7-4-16)27-20-13-17(22)5-8-19(20)26-2/h3-8,11-13,15H,9-10,14H2,1-2H3. The predicted molar refractivity (Wildman–Crippen MR) is 109 cm³/mol. The van der Waals surface area contributed by atoms with Crippen molar-refractivity contribution in [3.8, 4) is 5.75 Å². The van der Waals surface area contributed by atoms with Crippen molar-refractivity contribution in [2.75, 3.05) is 7.11 Å². The average molecular weight is 405 g/mol. The van der Waals surface area contributed by atoms with Crippen molar-refractivity contribution in [3.05, 3.63) is 77.6 Å². The minimum Gasteiger partial charge on any atom is -0.496 e. The van der Waals surface area contributed by atoms with E-state index in [0.29, 0.717) is 5.02 Å². The van der Waals surface area contributed by atoms with Gasteiger partial charge in [0.2, 0.25) is 0 Å². The van der Waals surface area contributed by atoms with Gasteiger partial charge in [-0.3, -0.25) is 0 Å². The van der Waals surface area contributed by atoms with Crippen LogP contribution in [0.2, 0.25) is 5.02 Å². The van der Waals surface area contributed by atoms with Crippen LogP contribution in [-0.4, -0.2) is 21.4 Å². The zero-order valence-corrected chi connectivity index (χ0v) is 16.9. The Kier molecular flexibility index (Phi) is 6.45. The number of hydrogen-bond donors (Lipinski definition) is 0. The number of halogens is 2. The Bertz CT molecular complexity index is 870. The number of benzene rings is 2. The van der Waals surface area contributed by atoms with Gasteiger partial charge in [-0.25, -0.2) is 9.37 Å². The second-order valence-corrected chi connectivity index (χ2v) is 8.77. The Morgan fingerprint density at radius 2 is 2.00 bits per heavy atom. The molecule has 1 atom stereocenters. The Morgan fingerprint density at radius 3 is 2.67 bits per heavy atom. The van der Waals surface area contributed by atoms with Crippen LogP contribution in [-0.2, 0) is 13.0 Å². The van der Waals surface area contributed by atoms with E-state index in [9.17, 15) is 4.39 Å². The minimum atomic E-state index is -0.210. The molecular weight excluding hydrogens is 383 g/mol. The maximum Gasteiger partial charge on any atom is 0.132 e. The van der Waals surface area contributed by atoms with E-state index < -0.39 is 0 Å². The molecule has 27 heavy (non-hydrogen) atoms. The molecule has 6 heteroatoms. The molecule has 0 N–H and O–H groups in total. The van der Waals surface area contributed by atoms with Crippen LogP contribution in [0.4, 0.5) is 4.39 Å². The maximum atomic E-state index is 13.2. The van der Waals surface area contributed by atoms with Crippen molar-refractivity contribution in [1.82, 2.24) is 9.55 Å². The molecule has 0 radical (unpaired) electrons. The van der Waals surface area contributed by atoms with Crippen LogP contribution >= 0.6 is 23.4 Å². The van der Waals surface area contributed by atoms with E-state index in [1.807, 2.05) is 42.9 Å². The summed E-state index contributed by atoms with van der Waals surface area (Å²) in [5.41, 5.74) is 1.12. The lowest BCUT2D eigenvalue weighted by Crippen LogP contribution is -2.27. The molecule has 1 aromatic heterocycles. The van der Waals surface area contributed by atoms with E-state index in [1.54, 1.807) is 25.1 Å². The molecule has 0 aliphatic rings. The van der Waals surface area contributed by atoms with Crippen LogP contribution in [0.3, 0.4) is 0 Å². The van der Waals surface area contributed by atoms with Crippen LogP contribution in [0.15, 0.2) is 66.1 Å². The maximum absolute atomic E-state index is 13.2. The van der Waals surface area contributed by atoms with Gasteiger partial charge >= 0.3 is 0 Å². The van der Waals surface area contributed by atoms with Crippen molar-refractivity contribution in [2.45, 2.75) is 36.0 Å². The molecule has 3 rings (SSSR count). The molecule has 0 aliphatic heterocycles. The number of methoxy groups -OCH3 is 1. The average Bonchev–Trinajstić information content (AvgIpc) is 3.14. The quantitative estimate of drug-likeness (QED) is 0.439. The summed E-state index contributed by atoms with van der Waals surface area (Å²) in [6, 6.07) is 12.4. The highest BCUT2D eigenvalue weighted by atomic mass is 35.5. The van der Waals surface area contributed by atoms with E-state index in [0.717, 1.165) is 35.6 Å². The highest BCUT2D eigenvalue weighted by Crippen LogP contribution is 2.43. The van der Waals surface area contributed by atoms with E-state index in [-0.39, 0.29) is 10.6 Å². The summed E-state index contributed by atoms with van der Waals surface area (Å²) in [4.78, 5) is 5.16. The van der Waals surface area contributed by atoms with Gasteiger partial charge in [-0.2, -0.15) is 0 Å². The predicted octanol–water partition coefficient (Wildman–Crippen LogP) is 5.87. The fourth-order valence-corrected chi connectivity index (χ4v) is 4.61. The van der Waals surface area contributed by atoms with Crippen LogP contribution in [0, 0.1) is 5.82 Å². The van der Waals surface area contributed by atoms with Gasteiger partial charge in [0.15, 0.2) is 0 Å². The van der Waals surface area contributed by atoms with Gasteiger partial charge in [-0.15, -0.1) is 11.8 Å². The molecule has 0 fully saturated rings. The van der Waals surface area contributed by atoms with Crippen molar-refractivity contribution in [2.24, 2.45) is 0 Å². The summed E-state index contributed by atoms with van der Waals surface area (Å²) in [6.07, 6.45) is 7.32. The smallest absolute Gasteiger partial charge is 0.132 e. The Hall–Kier alpha value is -1.98. The lowest BCUT2D eigenvalue weighted by atomic mass is 10.00. The molecule has 0 aliphatic carbocycles. The lowest BCUT2D eigenvalue weighted by molar-refractivity contribution is 0.404. The molecule has 0 amide bonds. The zero-order chi connectivity index (χ0) is 19.3. The molecule has 0 spiro atoms. The fourth-order valence-electron chi connectivity index (χ4n) is 2.98. The van der Waals surface area contributed by atoms with E-state index >= 15 is 0 Å². The minimum absolute atomic E-state index is 0.132. The number of ether oxygens (including phenoxy) is 1. The molecule has 1 unspecified atom stereocenters. The molecule has 1 heterocycles. The van der Waals surface area contributed by atoms with Crippen LogP contribution in [0.1, 0.15) is 18.9 Å². The monoisotopic (exact) mass is 404 g/mol. The summed E-state index contributed by atoms with van der Waals surface area (Å²) in [6.45, 7) is 3.01. The first kappa shape index (κ1) is 19.8. The van der Waals surface area contributed by atoms with Gasteiger partial charge in [-0.1, -0.05) is 23.7 Å². The van der Waals surface area contributed by atoms with E-state index in [2.05, 4.69) is 16.5 Å². The number of imidazole rings is 1. The third-order valence-corrected chi connectivity index (χ3v) is 6.01. The largest absolute Gasteiger partial charge is 0.496 e. The van der Waals surface area contributed by atoms with Crippen molar-refractivity contribution < 1.29 is 9.13 Å². The van der Waals surface area contributed by atoms with Crippen molar-refractivity contribution >= 4 is 23.4 Å². The van der Waals surface area contributed by atoms with Crippen molar-refractivity contribution in [1.29, 1.82) is 0 Å². The van der Waals surface area contributed by atoms with Gasteiger partial charge in [0.05, 0.1) is 18.3 Å². The highest BCUT2D eigenvalue weighted by molar-refractivity contribution is 8.00. The first-order valence-electron chi connectivity index (χ1n) is 8.70. The molecule has 3 aromatic rings. The lowest BCUT2D eigenvalue weighted by Gasteiger charge is -2.30. The number of thioether (sulfide) groups is 1. The van der Waals surface area contributed by atoms with Crippen molar-refractivity contribution in [3.63, 3.8) is 0 Å². The second kappa shape index (κ2) is 8.81. The fraction of sp³-hybridized carbons (Fsp3) is 0.286. The first-order valence-corrected chi connectivity index (χ1v) is 9.90. The number of rotatable bonds is 8. The number of hydrogen-bond acceptors (Lipinski definition) is 3. The Morgan fingerprint density at radius 1 is 1.22 bits per heavy atom. The molecule has 0 saturated carbocycles. The second-order valence-electron chi connectivity index (χ2n) is 6.71. The molecular formula is C21H22ClFN2OS. The van der Waals surface area contributed by atoms with Gasteiger partial charge in [0.25, 0.3) is 0 Å². The number of aromatic nitrogens is 2. The Balaban J connectivity index is 1.83. The number of nitrogens with zero attached hydrogens (tertiary/aromatic N) is 2. The molecule has 0 saturated heterocycles. The van der Waals surface area contributed by atoms with Crippen LogP contribution < -0.4 is 4.74 Å². The summed E-state index contributed by atoms with van der Waals surface area (Å²) in [5, 5.41) is 0.682. The van der Waals surface area contributed by atoms with Crippen LogP contribution in [0.5, 0.6) is 5.75 Å². The Labute approximate surface area is 168 Å². The number of aryl methyl sites for hydroxylation is 1. The van der Waals surface area contributed by atoms with Gasteiger partial charge < -0.3 is 9.30 Å².